The van der Waals surface area contributed by atoms with Gasteiger partial charge in [0, 0.05) is 16.5 Å². The zero-order valence-electron chi connectivity index (χ0n) is 11.7. The maximum Gasteiger partial charge on any atom is 0.141 e. The van der Waals surface area contributed by atoms with Crippen LogP contribution in [0.1, 0.15) is 16.0 Å². The van der Waals surface area contributed by atoms with Crippen LogP contribution in [0.2, 0.25) is 0 Å². The first kappa shape index (κ1) is 16.3. The zero-order chi connectivity index (χ0) is 15.4. The molecule has 2 aromatic rings. The number of hydrogen-bond donors (Lipinski definition) is 0. The molecule has 0 bridgehead atoms. The molecule has 0 saturated heterocycles. The fourth-order valence-electron chi connectivity index (χ4n) is 2.14. The average Bonchev–Trinajstić information content (AvgIpc) is 2.50. The van der Waals surface area contributed by atoms with Gasteiger partial charge in [-0.1, -0.05) is 34.1 Å². The summed E-state index contributed by atoms with van der Waals surface area (Å²) in [6.45, 7) is 0. The lowest BCUT2D eigenvalue weighted by atomic mass is 10.0. The molecule has 0 heterocycles. The smallest absolute Gasteiger partial charge is 0.141 e. The van der Waals surface area contributed by atoms with Crippen LogP contribution in [-0.2, 0) is 6.42 Å². The van der Waals surface area contributed by atoms with Gasteiger partial charge in [0.15, 0.2) is 0 Å². The van der Waals surface area contributed by atoms with Crippen LogP contribution < -0.4 is 9.47 Å². The molecule has 0 N–H and O–H groups in total. The Morgan fingerprint density at radius 3 is 2.43 bits per heavy atom. The van der Waals surface area contributed by atoms with E-state index in [1.54, 1.807) is 13.2 Å². The van der Waals surface area contributed by atoms with E-state index < -0.39 is 0 Å². The number of methoxy groups -OCH3 is 2. The second kappa shape index (κ2) is 7.27. The molecule has 0 aliphatic heterocycles. The SMILES string of the molecule is COc1ccccc1CC(Br)c1cc(Br)c(F)cc1OC. The summed E-state index contributed by atoms with van der Waals surface area (Å²) in [6, 6.07) is 11.0. The van der Waals surface area contributed by atoms with Gasteiger partial charge in [-0.05, 0) is 40.0 Å². The van der Waals surface area contributed by atoms with Crippen molar-refractivity contribution >= 4 is 31.9 Å². The number of hydrogen-bond acceptors (Lipinski definition) is 2. The molecule has 0 amide bonds. The molecule has 0 saturated carbocycles. The monoisotopic (exact) mass is 416 g/mol. The summed E-state index contributed by atoms with van der Waals surface area (Å²) in [6.07, 6.45) is 0.707. The van der Waals surface area contributed by atoms with Crippen molar-refractivity contribution in [3.63, 3.8) is 0 Å². The van der Waals surface area contributed by atoms with Gasteiger partial charge in [-0.25, -0.2) is 4.39 Å². The first-order chi connectivity index (χ1) is 10.1. The minimum Gasteiger partial charge on any atom is -0.496 e. The Morgan fingerprint density at radius 1 is 1.10 bits per heavy atom. The lowest BCUT2D eigenvalue weighted by Crippen LogP contribution is -2.01. The van der Waals surface area contributed by atoms with Crippen LogP contribution in [0.3, 0.4) is 0 Å². The van der Waals surface area contributed by atoms with E-state index in [1.165, 1.54) is 13.2 Å². The Morgan fingerprint density at radius 2 is 1.76 bits per heavy atom. The molecule has 21 heavy (non-hydrogen) atoms. The van der Waals surface area contributed by atoms with E-state index in [9.17, 15) is 4.39 Å². The van der Waals surface area contributed by atoms with Gasteiger partial charge in [-0.2, -0.15) is 0 Å². The van der Waals surface area contributed by atoms with Gasteiger partial charge in [-0.15, -0.1) is 0 Å². The molecule has 2 rings (SSSR count). The fourth-order valence-corrected chi connectivity index (χ4v) is 3.21. The summed E-state index contributed by atoms with van der Waals surface area (Å²) in [5.41, 5.74) is 1.96. The molecular formula is C16H15Br2FO2. The van der Waals surface area contributed by atoms with Gasteiger partial charge < -0.3 is 9.47 Å². The third-order valence-corrected chi connectivity index (χ3v) is 4.63. The quantitative estimate of drug-likeness (QED) is 0.615. The van der Waals surface area contributed by atoms with Crippen molar-refractivity contribution in [2.24, 2.45) is 0 Å². The molecule has 5 heteroatoms. The molecule has 0 aromatic heterocycles. The van der Waals surface area contributed by atoms with Crippen LogP contribution in [0, 0.1) is 5.82 Å². The van der Waals surface area contributed by atoms with Gasteiger partial charge in [0.2, 0.25) is 0 Å². The number of alkyl halides is 1. The lowest BCUT2D eigenvalue weighted by Gasteiger charge is -2.16. The highest BCUT2D eigenvalue weighted by Crippen LogP contribution is 2.38. The summed E-state index contributed by atoms with van der Waals surface area (Å²) in [5.74, 6) is 1.02. The Bertz CT molecular complexity index is 632. The minimum atomic E-state index is -0.340. The van der Waals surface area contributed by atoms with Crippen LogP contribution in [0.4, 0.5) is 4.39 Å². The predicted molar refractivity (Wildman–Crippen MR) is 89.0 cm³/mol. The van der Waals surface area contributed by atoms with E-state index in [-0.39, 0.29) is 10.6 Å². The summed E-state index contributed by atoms with van der Waals surface area (Å²) in [7, 11) is 3.19. The number of ether oxygens (including phenoxy) is 2. The summed E-state index contributed by atoms with van der Waals surface area (Å²) < 4.78 is 24.6. The third-order valence-electron chi connectivity index (χ3n) is 3.20. The van der Waals surface area contributed by atoms with E-state index in [0.29, 0.717) is 16.6 Å². The Balaban J connectivity index is 2.32. The molecule has 2 aromatic carbocycles. The largest absolute Gasteiger partial charge is 0.496 e. The highest BCUT2D eigenvalue weighted by atomic mass is 79.9. The van der Waals surface area contributed by atoms with Crippen molar-refractivity contribution in [3.05, 3.63) is 57.8 Å². The molecular weight excluding hydrogens is 403 g/mol. The predicted octanol–water partition coefficient (Wildman–Crippen LogP) is 5.28. The summed E-state index contributed by atoms with van der Waals surface area (Å²) in [5, 5.41) is 0. The average molecular weight is 418 g/mol. The fraction of sp³-hybridized carbons (Fsp3) is 0.250. The first-order valence-corrected chi connectivity index (χ1v) is 8.06. The number of halogens is 3. The van der Waals surface area contributed by atoms with Gasteiger partial charge in [-0.3, -0.25) is 0 Å². The van der Waals surface area contributed by atoms with Crippen molar-refractivity contribution in [2.45, 2.75) is 11.2 Å². The zero-order valence-corrected chi connectivity index (χ0v) is 14.9. The van der Waals surface area contributed by atoms with Crippen LogP contribution in [0.15, 0.2) is 40.9 Å². The van der Waals surface area contributed by atoms with E-state index in [2.05, 4.69) is 31.9 Å². The maximum atomic E-state index is 13.6. The second-order valence-electron chi connectivity index (χ2n) is 4.49. The van der Waals surface area contributed by atoms with Crippen molar-refractivity contribution in [1.82, 2.24) is 0 Å². The first-order valence-electron chi connectivity index (χ1n) is 6.35. The maximum absolute atomic E-state index is 13.6. The normalized spacial score (nSPS) is 12.0. The molecule has 2 nitrogen and oxygen atoms in total. The van der Waals surface area contributed by atoms with Gasteiger partial charge in [0.05, 0.1) is 18.7 Å². The Labute approximate surface area is 140 Å². The van der Waals surface area contributed by atoms with E-state index >= 15 is 0 Å². The molecule has 0 aliphatic carbocycles. The Hall–Kier alpha value is -1.07. The highest BCUT2D eigenvalue weighted by molar-refractivity contribution is 9.10. The van der Waals surface area contributed by atoms with E-state index in [4.69, 9.17) is 9.47 Å². The van der Waals surface area contributed by atoms with Crippen LogP contribution in [0.25, 0.3) is 0 Å². The highest BCUT2D eigenvalue weighted by Gasteiger charge is 2.18. The third kappa shape index (κ3) is 3.77. The van der Waals surface area contributed by atoms with Crippen LogP contribution in [0.5, 0.6) is 11.5 Å². The molecule has 0 spiro atoms. The van der Waals surface area contributed by atoms with Crippen LogP contribution >= 0.6 is 31.9 Å². The van der Waals surface area contributed by atoms with Crippen molar-refractivity contribution in [1.29, 1.82) is 0 Å². The van der Waals surface area contributed by atoms with Crippen molar-refractivity contribution in [3.8, 4) is 11.5 Å². The molecule has 1 atom stereocenters. The standard InChI is InChI=1S/C16H15Br2FO2/c1-20-15-6-4-3-5-10(15)7-12(17)11-8-13(18)14(19)9-16(11)21-2/h3-6,8-9,12H,7H2,1-2H3. The van der Waals surface area contributed by atoms with Gasteiger partial charge in [0.25, 0.3) is 0 Å². The minimum absolute atomic E-state index is 0.0133. The van der Waals surface area contributed by atoms with E-state index in [1.807, 2.05) is 24.3 Å². The summed E-state index contributed by atoms with van der Waals surface area (Å²) in [4.78, 5) is -0.0133. The number of para-hydroxylation sites is 1. The number of rotatable bonds is 5. The van der Waals surface area contributed by atoms with Crippen molar-refractivity contribution < 1.29 is 13.9 Å². The molecule has 0 fully saturated rings. The second-order valence-corrected chi connectivity index (χ2v) is 6.45. The molecule has 1 unspecified atom stereocenters. The molecule has 0 aliphatic rings. The van der Waals surface area contributed by atoms with Crippen molar-refractivity contribution in [2.75, 3.05) is 14.2 Å². The molecule has 112 valence electrons. The molecule has 0 radical (unpaired) electrons. The topological polar surface area (TPSA) is 18.5 Å². The number of benzene rings is 2. The van der Waals surface area contributed by atoms with Gasteiger partial charge in [0.1, 0.15) is 17.3 Å². The summed E-state index contributed by atoms with van der Waals surface area (Å²) >= 11 is 6.87. The lowest BCUT2D eigenvalue weighted by molar-refractivity contribution is 0.403. The Kier molecular flexibility index (Phi) is 5.65. The van der Waals surface area contributed by atoms with Crippen LogP contribution in [-0.4, -0.2) is 14.2 Å². The van der Waals surface area contributed by atoms with E-state index in [0.717, 1.165) is 16.9 Å². The van der Waals surface area contributed by atoms with Gasteiger partial charge >= 0.3 is 0 Å².